The van der Waals surface area contributed by atoms with Crippen molar-refractivity contribution >= 4 is 22.8 Å². The number of hydrogen-bond acceptors (Lipinski definition) is 7. The van der Waals surface area contributed by atoms with Gasteiger partial charge in [0.25, 0.3) is 5.56 Å². The topological polar surface area (TPSA) is 126 Å². The number of nitrogens with zero attached hydrogens (tertiary/aromatic N) is 7. The number of halogens is 2. The smallest absolute Gasteiger partial charge is 0.332 e. The van der Waals surface area contributed by atoms with E-state index in [0.717, 1.165) is 4.57 Å². The summed E-state index contributed by atoms with van der Waals surface area (Å²) in [5.41, 5.74) is -0.202. The van der Waals surface area contributed by atoms with E-state index in [0.29, 0.717) is 24.4 Å². The second-order valence-corrected chi connectivity index (χ2v) is 7.39. The molecule has 4 rings (SSSR count). The molecule has 0 aliphatic rings. The molecule has 0 saturated carbocycles. The Morgan fingerprint density at radius 3 is 2.75 bits per heavy atom. The van der Waals surface area contributed by atoms with Crippen LogP contribution in [0, 0.1) is 5.82 Å². The molecule has 0 atom stereocenters. The Bertz CT molecular complexity index is 1360. The third-order valence-corrected chi connectivity index (χ3v) is 5.07. The molecule has 168 valence electrons. The number of ether oxygens (including phenoxy) is 1. The van der Waals surface area contributed by atoms with Gasteiger partial charge in [-0.2, -0.15) is 9.78 Å². The van der Waals surface area contributed by atoms with E-state index in [1.807, 2.05) is 0 Å². The van der Waals surface area contributed by atoms with Crippen molar-refractivity contribution in [2.24, 2.45) is 0 Å². The highest BCUT2D eigenvalue weighted by molar-refractivity contribution is 6.28. The Morgan fingerprint density at radius 2 is 1.97 bits per heavy atom. The Labute approximate surface area is 185 Å². The van der Waals surface area contributed by atoms with Gasteiger partial charge in [0.15, 0.2) is 17.0 Å². The van der Waals surface area contributed by atoms with Crippen LogP contribution in [-0.2, 0) is 30.8 Å². The van der Waals surface area contributed by atoms with Gasteiger partial charge in [-0.25, -0.2) is 9.18 Å². The first kappa shape index (κ1) is 21.8. The highest BCUT2D eigenvalue weighted by Crippen LogP contribution is 2.11. The van der Waals surface area contributed by atoms with E-state index >= 15 is 0 Å². The summed E-state index contributed by atoms with van der Waals surface area (Å²) in [7, 11) is 1.52. The van der Waals surface area contributed by atoms with Crippen LogP contribution in [0.5, 0.6) is 0 Å². The first-order valence-corrected chi connectivity index (χ1v) is 10.2. The summed E-state index contributed by atoms with van der Waals surface area (Å²) in [6.45, 7) is 0.931. The minimum absolute atomic E-state index is 0.0228. The Morgan fingerprint density at radius 1 is 1.16 bits per heavy atom. The van der Waals surface area contributed by atoms with Crippen molar-refractivity contribution < 1.29 is 9.13 Å². The SMILES string of the molecule is COCCn1c(=O)n(CCCn2nnc(Cc3ccccc3F)n2)c(=O)c2[nH]c(Cl)nc21. The predicted molar refractivity (Wildman–Crippen MR) is 113 cm³/mol. The summed E-state index contributed by atoms with van der Waals surface area (Å²) in [5.74, 6) is 0.0463. The van der Waals surface area contributed by atoms with Crippen LogP contribution in [0.3, 0.4) is 0 Å². The zero-order chi connectivity index (χ0) is 22.7. The lowest BCUT2D eigenvalue weighted by Gasteiger charge is -2.10. The van der Waals surface area contributed by atoms with E-state index < -0.39 is 11.2 Å². The summed E-state index contributed by atoms with van der Waals surface area (Å²) < 4.78 is 21.3. The Hall–Kier alpha value is -3.38. The minimum atomic E-state index is -0.509. The number of rotatable bonds is 9. The lowest BCUT2D eigenvalue weighted by Crippen LogP contribution is -2.41. The second-order valence-electron chi connectivity index (χ2n) is 7.03. The molecule has 1 aromatic carbocycles. The summed E-state index contributed by atoms with van der Waals surface area (Å²) in [5, 5.41) is 12.2. The van der Waals surface area contributed by atoms with Crippen molar-refractivity contribution in [1.29, 1.82) is 0 Å². The highest BCUT2D eigenvalue weighted by atomic mass is 35.5. The van der Waals surface area contributed by atoms with Crippen LogP contribution in [0.15, 0.2) is 33.9 Å². The van der Waals surface area contributed by atoms with Crippen LogP contribution in [0.25, 0.3) is 11.2 Å². The van der Waals surface area contributed by atoms with Gasteiger partial charge >= 0.3 is 5.69 Å². The van der Waals surface area contributed by atoms with Crippen molar-refractivity contribution in [3.05, 3.63) is 67.6 Å². The molecular formula is C19H20ClFN8O3. The molecule has 0 aliphatic heterocycles. The van der Waals surface area contributed by atoms with Crippen molar-refractivity contribution in [2.75, 3.05) is 13.7 Å². The van der Waals surface area contributed by atoms with Crippen molar-refractivity contribution in [1.82, 2.24) is 39.3 Å². The van der Waals surface area contributed by atoms with Gasteiger partial charge in [0.05, 0.1) is 19.7 Å². The molecule has 0 radical (unpaired) electrons. The molecule has 13 heteroatoms. The Balaban J connectivity index is 1.49. The number of tetrazole rings is 1. The van der Waals surface area contributed by atoms with E-state index in [1.165, 1.54) is 22.5 Å². The van der Waals surface area contributed by atoms with Gasteiger partial charge in [-0.1, -0.05) is 18.2 Å². The van der Waals surface area contributed by atoms with Gasteiger partial charge in [-0.05, 0) is 34.9 Å². The number of fused-ring (bicyclic) bond motifs is 1. The molecule has 0 amide bonds. The first-order chi connectivity index (χ1) is 15.5. The van der Waals surface area contributed by atoms with Crippen molar-refractivity contribution in [2.45, 2.75) is 32.5 Å². The third-order valence-electron chi connectivity index (χ3n) is 4.89. The van der Waals surface area contributed by atoms with Crippen molar-refractivity contribution in [3.63, 3.8) is 0 Å². The lowest BCUT2D eigenvalue weighted by molar-refractivity contribution is 0.186. The molecule has 0 saturated heterocycles. The fourth-order valence-electron chi connectivity index (χ4n) is 3.34. The molecule has 3 heterocycles. The molecule has 11 nitrogen and oxygen atoms in total. The van der Waals surface area contributed by atoms with E-state index in [1.54, 1.807) is 18.2 Å². The standard InChI is InChI=1S/C19H20ClFN8O3/c1-32-10-9-27-16-15(22-18(20)23-16)17(30)28(19(27)31)7-4-8-29-25-14(24-26-29)11-12-5-2-3-6-13(12)21/h2-3,5-6H,4,7-11H2,1H3,(H,22,23). The highest BCUT2D eigenvalue weighted by Gasteiger charge is 2.17. The number of aromatic nitrogens is 8. The molecule has 0 bridgehead atoms. The third kappa shape index (κ3) is 4.46. The monoisotopic (exact) mass is 462 g/mol. The molecule has 3 aromatic heterocycles. The summed E-state index contributed by atoms with van der Waals surface area (Å²) in [6, 6.07) is 6.39. The molecule has 0 fully saturated rings. The number of hydrogen-bond donors (Lipinski definition) is 1. The van der Waals surface area contributed by atoms with Gasteiger partial charge in [-0.3, -0.25) is 13.9 Å². The molecule has 4 aromatic rings. The number of aryl methyl sites for hydroxylation is 1. The van der Waals surface area contributed by atoms with E-state index in [-0.39, 0.29) is 48.4 Å². The molecular weight excluding hydrogens is 443 g/mol. The first-order valence-electron chi connectivity index (χ1n) is 9.86. The molecule has 0 unspecified atom stereocenters. The van der Waals surface area contributed by atoms with Crippen LogP contribution in [-0.4, -0.2) is 53.0 Å². The zero-order valence-corrected chi connectivity index (χ0v) is 17.9. The maximum atomic E-state index is 13.8. The number of benzene rings is 1. The van der Waals surface area contributed by atoms with E-state index in [2.05, 4.69) is 25.4 Å². The quantitative estimate of drug-likeness (QED) is 0.368. The minimum Gasteiger partial charge on any atom is -0.383 e. The van der Waals surface area contributed by atoms with Gasteiger partial charge in [0, 0.05) is 20.1 Å². The number of nitrogens with one attached hydrogen (secondary N) is 1. The largest absolute Gasteiger partial charge is 0.383 e. The normalized spacial score (nSPS) is 11.5. The number of methoxy groups -OCH3 is 1. The zero-order valence-electron chi connectivity index (χ0n) is 17.2. The fraction of sp³-hybridized carbons (Fsp3) is 0.368. The number of imidazole rings is 1. The van der Waals surface area contributed by atoms with Crippen molar-refractivity contribution in [3.8, 4) is 0 Å². The number of H-pyrrole nitrogens is 1. The molecule has 0 aliphatic carbocycles. The summed E-state index contributed by atoms with van der Waals surface area (Å²) in [4.78, 5) is 33.8. The average molecular weight is 463 g/mol. The maximum Gasteiger partial charge on any atom is 0.332 e. The second kappa shape index (κ2) is 9.40. The average Bonchev–Trinajstić information content (AvgIpc) is 3.38. The van der Waals surface area contributed by atoms with Crippen LogP contribution in [0.2, 0.25) is 5.28 Å². The van der Waals surface area contributed by atoms with Gasteiger partial charge in [-0.15, -0.1) is 10.2 Å². The van der Waals surface area contributed by atoms with Gasteiger partial charge in [0.1, 0.15) is 5.82 Å². The van der Waals surface area contributed by atoms with Crippen LogP contribution < -0.4 is 11.2 Å². The van der Waals surface area contributed by atoms with Crippen LogP contribution in [0.1, 0.15) is 17.8 Å². The van der Waals surface area contributed by atoms with Crippen LogP contribution >= 0.6 is 11.6 Å². The predicted octanol–water partition coefficient (Wildman–Crippen LogP) is 0.993. The Kier molecular flexibility index (Phi) is 6.42. The van der Waals surface area contributed by atoms with E-state index in [4.69, 9.17) is 16.3 Å². The van der Waals surface area contributed by atoms with Gasteiger partial charge in [0.2, 0.25) is 5.28 Å². The fourth-order valence-corrected chi connectivity index (χ4v) is 3.52. The maximum absolute atomic E-state index is 13.8. The van der Waals surface area contributed by atoms with E-state index in [9.17, 15) is 14.0 Å². The van der Waals surface area contributed by atoms with Crippen LogP contribution in [0.4, 0.5) is 4.39 Å². The molecule has 32 heavy (non-hydrogen) atoms. The molecule has 0 spiro atoms. The lowest BCUT2D eigenvalue weighted by atomic mass is 10.1. The number of aromatic amines is 1. The summed E-state index contributed by atoms with van der Waals surface area (Å²) in [6.07, 6.45) is 0.607. The summed E-state index contributed by atoms with van der Waals surface area (Å²) >= 11 is 5.91. The van der Waals surface area contributed by atoms with Gasteiger partial charge < -0.3 is 9.72 Å². The molecule has 1 N–H and O–H groups in total.